The molecule has 2 aromatic carbocycles. The van der Waals surface area contributed by atoms with Gasteiger partial charge in [0.25, 0.3) is 0 Å². The molecule has 0 spiro atoms. The van der Waals surface area contributed by atoms with Gasteiger partial charge in [0.1, 0.15) is 11.9 Å². The van der Waals surface area contributed by atoms with Crippen molar-refractivity contribution in [2.45, 2.75) is 44.6 Å². The molecule has 5 rings (SSSR count). The Morgan fingerprint density at radius 3 is 2.66 bits per heavy atom. The smallest absolute Gasteiger partial charge is 0.306 e. The lowest BCUT2D eigenvalue weighted by atomic mass is 9.83. The Bertz CT molecular complexity index is 1270. The minimum Gasteiger partial charge on any atom is -0.483 e. The number of aromatic nitrogens is 1. The van der Waals surface area contributed by atoms with Gasteiger partial charge in [-0.05, 0) is 59.9 Å². The Kier molecular flexibility index (Phi) is 6.17. The minimum absolute atomic E-state index is 0.137. The Morgan fingerprint density at radius 2 is 1.94 bits per heavy atom. The minimum atomic E-state index is -0.920. The SMILES string of the molecule is COc1cc(-c2ccc3c(c2)CC[C@H]3Oc2cccc([C@H](C3CC3)[C@H](C)C(=O)O)c2F)c(F)cn1. The lowest BCUT2D eigenvalue weighted by molar-refractivity contribution is -0.142. The molecule has 35 heavy (non-hydrogen) atoms. The molecule has 7 heteroatoms. The fraction of sp³-hybridized carbons (Fsp3) is 0.357. The van der Waals surface area contributed by atoms with Gasteiger partial charge in [0.05, 0.1) is 19.2 Å². The Morgan fingerprint density at radius 1 is 1.14 bits per heavy atom. The van der Waals surface area contributed by atoms with E-state index in [0.29, 0.717) is 29.0 Å². The second kappa shape index (κ2) is 9.29. The van der Waals surface area contributed by atoms with E-state index in [4.69, 9.17) is 9.47 Å². The molecule has 0 aliphatic heterocycles. The number of hydrogen-bond donors (Lipinski definition) is 1. The summed E-state index contributed by atoms with van der Waals surface area (Å²) in [4.78, 5) is 15.5. The highest BCUT2D eigenvalue weighted by Crippen LogP contribution is 2.48. The van der Waals surface area contributed by atoms with Crippen LogP contribution in [0.15, 0.2) is 48.7 Å². The largest absolute Gasteiger partial charge is 0.483 e. The van der Waals surface area contributed by atoms with Crippen molar-refractivity contribution in [1.29, 1.82) is 0 Å². The highest BCUT2D eigenvalue weighted by molar-refractivity contribution is 5.71. The molecule has 5 nitrogen and oxygen atoms in total. The number of aryl methyl sites for hydroxylation is 1. The third kappa shape index (κ3) is 4.47. The van der Waals surface area contributed by atoms with Crippen LogP contribution >= 0.6 is 0 Å². The average Bonchev–Trinajstić information content (AvgIpc) is 3.61. The third-order valence-electron chi connectivity index (χ3n) is 7.20. The Hall–Kier alpha value is -3.48. The van der Waals surface area contributed by atoms with E-state index in [1.54, 1.807) is 31.2 Å². The topological polar surface area (TPSA) is 68.7 Å². The van der Waals surface area contributed by atoms with Crippen molar-refractivity contribution in [1.82, 2.24) is 4.98 Å². The molecule has 0 unspecified atom stereocenters. The van der Waals surface area contributed by atoms with E-state index in [9.17, 15) is 14.3 Å². The summed E-state index contributed by atoms with van der Waals surface area (Å²) in [5.74, 6) is -2.23. The van der Waals surface area contributed by atoms with Crippen molar-refractivity contribution in [2.24, 2.45) is 11.8 Å². The van der Waals surface area contributed by atoms with Crippen LogP contribution in [-0.4, -0.2) is 23.2 Å². The summed E-state index contributed by atoms with van der Waals surface area (Å²) < 4.78 is 41.3. The number of pyridine rings is 1. The van der Waals surface area contributed by atoms with Crippen LogP contribution in [0.3, 0.4) is 0 Å². The summed E-state index contributed by atoms with van der Waals surface area (Å²) in [5.41, 5.74) is 3.50. The van der Waals surface area contributed by atoms with Crippen LogP contribution in [0.5, 0.6) is 11.6 Å². The number of aliphatic carboxylic acids is 1. The molecule has 3 aromatic rings. The number of rotatable bonds is 8. The zero-order chi connectivity index (χ0) is 24.7. The molecule has 0 radical (unpaired) electrons. The van der Waals surface area contributed by atoms with Crippen molar-refractivity contribution >= 4 is 5.97 Å². The van der Waals surface area contributed by atoms with Crippen LogP contribution in [0.25, 0.3) is 11.1 Å². The normalized spacial score (nSPS) is 18.6. The van der Waals surface area contributed by atoms with Gasteiger partial charge in [0.2, 0.25) is 5.88 Å². The monoisotopic (exact) mass is 479 g/mol. The number of halogens is 2. The molecule has 0 saturated heterocycles. The van der Waals surface area contributed by atoms with Crippen LogP contribution in [0.1, 0.15) is 54.9 Å². The molecular weight excluding hydrogens is 452 g/mol. The quantitative estimate of drug-likeness (QED) is 0.410. The number of hydrogen-bond acceptors (Lipinski definition) is 4. The van der Waals surface area contributed by atoms with Gasteiger partial charge in [0, 0.05) is 17.5 Å². The number of fused-ring (bicyclic) bond motifs is 1. The van der Waals surface area contributed by atoms with Crippen LogP contribution in [0.4, 0.5) is 8.78 Å². The number of nitrogens with zero attached hydrogens (tertiary/aromatic N) is 1. The predicted octanol–water partition coefficient (Wildman–Crippen LogP) is 6.32. The molecular formula is C28H27F2NO4. The van der Waals surface area contributed by atoms with E-state index in [1.165, 1.54) is 7.11 Å². The van der Waals surface area contributed by atoms with Gasteiger partial charge in [0.15, 0.2) is 11.6 Å². The number of benzene rings is 2. The standard InChI is InChI=1S/C28H27F2NO4/c1-15(28(32)33)26(16-6-7-16)20-4-3-5-24(27(20)30)35-23-11-9-17-12-18(8-10-19(17)23)21-13-25(34-2)31-14-22(21)29/h3-5,8,10,12-16,23,26H,6-7,9,11H2,1-2H3,(H,32,33)/t15-,23+,26-/m0/s1. The van der Waals surface area contributed by atoms with Gasteiger partial charge in [-0.3, -0.25) is 4.79 Å². The number of carbonyl (C=O) groups is 1. The molecule has 2 aliphatic carbocycles. The zero-order valence-corrected chi connectivity index (χ0v) is 19.6. The van der Waals surface area contributed by atoms with Crippen LogP contribution < -0.4 is 9.47 Å². The summed E-state index contributed by atoms with van der Waals surface area (Å²) in [5, 5.41) is 9.55. The number of methoxy groups -OCH3 is 1. The van der Waals surface area contributed by atoms with Crippen molar-refractivity contribution in [3.63, 3.8) is 0 Å². The molecule has 3 atom stereocenters. The predicted molar refractivity (Wildman–Crippen MR) is 127 cm³/mol. The van der Waals surface area contributed by atoms with Crippen molar-refractivity contribution < 1.29 is 28.2 Å². The summed E-state index contributed by atoms with van der Waals surface area (Å²) in [6.45, 7) is 1.64. The first-order chi connectivity index (χ1) is 16.9. The first-order valence-corrected chi connectivity index (χ1v) is 11.9. The third-order valence-corrected chi connectivity index (χ3v) is 7.20. The van der Waals surface area contributed by atoms with Gasteiger partial charge in [-0.15, -0.1) is 0 Å². The van der Waals surface area contributed by atoms with Gasteiger partial charge < -0.3 is 14.6 Å². The summed E-state index contributed by atoms with van der Waals surface area (Å²) in [6.07, 6.45) is 4.02. The Balaban J connectivity index is 1.41. The zero-order valence-electron chi connectivity index (χ0n) is 19.6. The van der Waals surface area contributed by atoms with Crippen LogP contribution in [-0.2, 0) is 11.2 Å². The maximum atomic E-state index is 15.6. The second-order valence-corrected chi connectivity index (χ2v) is 9.41. The first kappa shape index (κ1) is 23.3. The van der Waals surface area contributed by atoms with Crippen molar-refractivity contribution in [3.8, 4) is 22.8 Å². The van der Waals surface area contributed by atoms with Crippen LogP contribution in [0.2, 0.25) is 0 Å². The molecule has 0 bridgehead atoms. The highest BCUT2D eigenvalue weighted by Gasteiger charge is 2.40. The molecule has 1 fully saturated rings. The maximum absolute atomic E-state index is 15.6. The van der Waals surface area contributed by atoms with E-state index in [0.717, 1.165) is 36.6 Å². The second-order valence-electron chi connectivity index (χ2n) is 9.41. The number of ether oxygens (including phenoxy) is 2. The fourth-order valence-electron chi connectivity index (χ4n) is 5.19. The summed E-state index contributed by atoms with van der Waals surface area (Å²) in [6, 6.07) is 12.2. The first-order valence-electron chi connectivity index (χ1n) is 11.9. The van der Waals surface area contributed by atoms with E-state index in [-0.39, 0.29) is 23.7 Å². The van der Waals surface area contributed by atoms with Crippen molar-refractivity contribution in [2.75, 3.05) is 7.11 Å². The van der Waals surface area contributed by atoms with Gasteiger partial charge in [-0.2, -0.15) is 0 Å². The number of carboxylic acids is 1. The van der Waals surface area contributed by atoms with Gasteiger partial charge >= 0.3 is 5.97 Å². The van der Waals surface area contributed by atoms with Gasteiger partial charge in [-0.1, -0.05) is 37.3 Å². The molecule has 2 aliphatic rings. The van der Waals surface area contributed by atoms with E-state index in [2.05, 4.69) is 4.98 Å². The molecule has 182 valence electrons. The molecule has 1 N–H and O–H groups in total. The number of carboxylic acid groups (broad SMARTS) is 1. The summed E-state index contributed by atoms with van der Waals surface area (Å²) >= 11 is 0. The average molecular weight is 480 g/mol. The fourth-order valence-corrected chi connectivity index (χ4v) is 5.19. The van der Waals surface area contributed by atoms with Crippen LogP contribution in [0, 0.1) is 23.5 Å². The molecule has 1 aromatic heterocycles. The highest BCUT2D eigenvalue weighted by atomic mass is 19.1. The van der Waals surface area contributed by atoms with E-state index >= 15 is 4.39 Å². The van der Waals surface area contributed by atoms with E-state index in [1.807, 2.05) is 18.2 Å². The molecule has 1 heterocycles. The lowest BCUT2D eigenvalue weighted by Crippen LogP contribution is -2.22. The van der Waals surface area contributed by atoms with Crippen molar-refractivity contribution in [3.05, 3.63) is 77.0 Å². The lowest BCUT2D eigenvalue weighted by Gasteiger charge is -2.23. The molecule has 0 amide bonds. The summed E-state index contributed by atoms with van der Waals surface area (Å²) in [7, 11) is 1.48. The Labute approximate surface area is 202 Å². The van der Waals surface area contributed by atoms with Gasteiger partial charge in [-0.25, -0.2) is 13.8 Å². The maximum Gasteiger partial charge on any atom is 0.306 e. The van der Waals surface area contributed by atoms with E-state index < -0.39 is 23.5 Å². The molecule has 1 saturated carbocycles.